The molecule has 170 valence electrons. The molecule has 3 saturated heterocycles. The maximum atomic E-state index is 6.59. The van der Waals surface area contributed by atoms with E-state index in [-0.39, 0.29) is 5.60 Å². The Morgan fingerprint density at radius 2 is 1.37 bits per heavy atom. The van der Waals surface area contributed by atoms with Crippen LogP contribution in [-0.2, 0) is 4.74 Å². The van der Waals surface area contributed by atoms with Crippen molar-refractivity contribution in [1.29, 1.82) is 0 Å². The summed E-state index contributed by atoms with van der Waals surface area (Å²) in [4.78, 5) is 5.51. The van der Waals surface area contributed by atoms with Gasteiger partial charge in [0.05, 0.1) is 12.2 Å². The second-order valence-electron chi connectivity index (χ2n) is 13.3. The highest BCUT2D eigenvalue weighted by Gasteiger charge is 2.63. The molecule has 6 rings (SSSR count). The third kappa shape index (κ3) is 3.50. The van der Waals surface area contributed by atoms with Gasteiger partial charge in [-0.05, 0) is 133 Å². The Hall–Kier alpha value is -0.120. The molecule has 0 N–H and O–H groups in total. The molecule has 3 aliphatic carbocycles. The summed E-state index contributed by atoms with van der Waals surface area (Å²) in [5.74, 6) is 0.937. The van der Waals surface area contributed by atoms with Gasteiger partial charge in [-0.2, -0.15) is 0 Å². The van der Waals surface area contributed by atoms with E-state index in [0.29, 0.717) is 11.5 Å². The van der Waals surface area contributed by atoms with Gasteiger partial charge >= 0.3 is 0 Å². The first-order valence-electron chi connectivity index (χ1n) is 13.5. The Labute approximate surface area is 185 Å². The van der Waals surface area contributed by atoms with E-state index in [2.05, 4.69) is 30.6 Å². The van der Waals surface area contributed by atoms with Gasteiger partial charge in [0.1, 0.15) is 0 Å². The summed E-state index contributed by atoms with van der Waals surface area (Å²) in [5, 5.41) is 0. The van der Waals surface area contributed by atoms with Crippen LogP contribution in [0, 0.1) is 22.2 Å². The molecule has 3 heterocycles. The largest absolute Gasteiger partial charge is 0.374 e. The Morgan fingerprint density at radius 3 is 1.97 bits per heavy atom. The lowest BCUT2D eigenvalue weighted by Crippen LogP contribution is -2.46. The minimum absolute atomic E-state index is 0.238. The van der Waals surface area contributed by atoms with Crippen LogP contribution >= 0.6 is 0 Å². The van der Waals surface area contributed by atoms with Crippen molar-refractivity contribution < 1.29 is 4.74 Å². The van der Waals surface area contributed by atoms with Crippen molar-refractivity contribution in [3.8, 4) is 0 Å². The third-order valence-corrected chi connectivity index (χ3v) is 11.1. The quantitative estimate of drug-likeness (QED) is 0.606. The molecule has 0 bridgehead atoms. The number of hydrogen-bond acceptors (Lipinski definition) is 3. The van der Waals surface area contributed by atoms with Crippen LogP contribution in [0.4, 0.5) is 0 Å². The smallest absolute Gasteiger partial charge is 0.0713 e. The summed E-state index contributed by atoms with van der Waals surface area (Å²) in [6.07, 6.45) is 17.6. The van der Waals surface area contributed by atoms with Crippen LogP contribution in [0.1, 0.15) is 97.8 Å². The summed E-state index contributed by atoms with van der Waals surface area (Å²) in [6, 6.07) is 1.47. The zero-order valence-corrected chi connectivity index (χ0v) is 20.1. The normalized spacial score (nSPS) is 40.2. The Kier molecular flexibility index (Phi) is 4.74. The number of nitrogens with zero attached hydrogens (tertiary/aromatic N) is 2. The molecule has 3 atom stereocenters. The van der Waals surface area contributed by atoms with Crippen LogP contribution in [0.2, 0.25) is 0 Å². The van der Waals surface area contributed by atoms with Gasteiger partial charge in [0.15, 0.2) is 0 Å². The van der Waals surface area contributed by atoms with Crippen molar-refractivity contribution >= 4 is 0 Å². The fraction of sp³-hybridized carbons (Fsp3) is 1.00. The van der Waals surface area contributed by atoms with Crippen LogP contribution in [-0.4, -0.2) is 60.3 Å². The molecule has 3 unspecified atom stereocenters. The second-order valence-corrected chi connectivity index (χ2v) is 13.3. The molecule has 3 heteroatoms. The minimum atomic E-state index is 0.238. The van der Waals surface area contributed by atoms with Gasteiger partial charge in [0, 0.05) is 25.2 Å². The SMILES string of the molecule is CC(C)N1CCC2(CC1)CC1(CO2)CC1CC(C)N1CCC2(CC1)CCC1(CC1)C2. The van der Waals surface area contributed by atoms with Gasteiger partial charge in [0.25, 0.3) is 0 Å². The molecular weight excluding hydrogens is 368 g/mol. The molecule has 0 aromatic heterocycles. The monoisotopic (exact) mass is 414 g/mol. The fourth-order valence-electron chi connectivity index (χ4n) is 8.50. The predicted molar refractivity (Wildman–Crippen MR) is 123 cm³/mol. The molecule has 4 spiro atoms. The van der Waals surface area contributed by atoms with Crippen LogP contribution in [0.5, 0.6) is 0 Å². The Morgan fingerprint density at radius 1 is 0.767 bits per heavy atom. The minimum Gasteiger partial charge on any atom is -0.374 e. The molecule has 6 aliphatic rings. The van der Waals surface area contributed by atoms with Crippen LogP contribution in [0.3, 0.4) is 0 Å². The second kappa shape index (κ2) is 6.94. The average Bonchev–Trinajstić information content (AvgIpc) is 3.55. The maximum absolute atomic E-state index is 6.59. The van der Waals surface area contributed by atoms with Crippen LogP contribution in [0.25, 0.3) is 0 Å². The Bertz CT molecular complexity index is 654. The topological polar surface area (TPSA) is 15.7 Å². The van der Waals surface area contributed by atoms with Crippen LogP contribution < -0.4 is 0 Å². The zero-order valence-electron chi connectivity index (χ0n) is 20.1. The van der Waals surface area contributed by atoms with Crippen LogP contribution in [0.15, 0.2) is 0 Å². The molecule has 3 nitrogen and oxygen atoms in total. The first kappa shape index (κ1) is 20.5. The molecular formula is C27H46N2O. The molecule has 0 radical (unpaired) electrons. The highest BCUT2D eigenvalue weighted by molar-refractivity contribution is 5.12. The molecule has 0 amide bonds. The maximum Gasteiger partial charge on any atom is 0.0713 e. The predicted octanol–water partition coefficient (Wildman–Crippen LogP) is 5.48. The van der Waals surface area contributed by atoms with Crippen molar-refractivity contribution in [2.24, 2.45) is 22.2 Å². The highest BCUT2D eigenvalue weighted by Crippen LogP contribution is 2.67. The summed E-state index contributed by atoms with van der Waals surface area (Å²) < 4.78 is 6.59. The lowest BCUT2D eigenvalue weighted by atomic mass is 9.75. The molecule has 30 heavy (non-hydrogen) atoms. The van der Waals surface area contributed by atoms with Gasteiger partial charge in [-0.25, -0.2) is 0 Å². The molecule has 0 aromatic rings. The number of ether oxygens (including phenoxy) is 1. The number of rotatable bonds is 4. The van der Waals surface area contributed by atoms with Crippen molar-refractivity contribution in [2.45, 2.75) is 116 Å². The molecule has 0 aromatic carbocycles. The van der Waals surface area contributed by atoms with Gasteiger partial charge < -0.3 is 14.5 Å². The molecule has 3 aliphatic heterocycles. The molecule has 6 fully saturated rings. The van der Waals surface area contributed by atoms with Gasteiger partial charge in [0.2, 0.25) is 0 Å². The lowest BCUT2D eigenvalue weighted by molar-refractivity contribution is -0.0487. The van der Waals surface area contributed by atoms with E-state index in [9.17, 15) is 0 Å². The van der Waals surface area contributed by atoms with E-state index >= 15 is 0 Å². The van der Waals surface area contributed by atoms with E-state index in [1.54, 1.807) is 32.1 Å². The van der Waals surface area contributed by atoms with Crippen molar-refractivity contribution in [3.05, 3.63) is 0 Å². The fourth-order valence-corrected chi connectivity index (χ4v) is 8.50. The van der Waals surface area contributed by atoms with E-state index in [1.807, 2.05) is 0 Å². The molecule has 3 saturated carbocycles. The zero-order chi connectivity index (χ0) is 20.6. The van der Waals surface area contributed by atoms with E-state index in [0.717, 1.165) is 29.4 Å². The summed E-state index contributed by atoms with van der Waals surface area (Å²) in [5.41, 5.74) is 2.40. The number of likely N-dealkylation sites (tertiary alicyclic amines) is 2. The van der Waals surface area contributed by atoms with Crippen molar-refractivity contribution in [3.63, 3.8) is 0 Å². The van der Waals surface area contributed by atoms with Crippen molar-refractivity contribution in [1.82, 2.24) is 9.80 Å². The number of hydrogen-bond donors (Lipinski definition) is 0. The third-order valence-electron chi connectivity index (χ3n) is 11.1. The van der Waals surface area contributed by atoms with E-state index in [4.69, 9.17) is 4.74 Å². The standard InChI is InChI=1S/C27H46N2O/c1-21(2)28-14-10-27(11-15-28)19-26(20-30-27)17-23(26)16-22(3)29-12-8-25(9-13-29)7-6-24(18-25)4-5-24/h21-23H,4-20H2,1-3H3. The lowest BCUT2D eigenvalue weighted by Gasteiger charge is -2.42. The summed E-state index contributed by atoms with van der Waals surface area (Å²) in [6.45, 7) is 13.5. The van der Waals surface area contributed by atoms with Gasteiger partial charge in [-0.1, -0.05) is 0 Å². The first-order valence-corrected chi connectivity index (χ1v) is 13.5. The summed E-state index contributed by atoms with van der Waals surface area (Å²) >= 11 is 0. The summed E-state index contributed by atoms with van der Waals surface area (Å²) in [7, 11) is 0. The Balaban J connectivity index is 0.985. The van der Waals surface area contributed by atoms with E-state index in [1.165, 1.54) is 71.1 Å². The van der Waals surface area contributed by atoms with Gasteiger partial charge in [-0.3, -0.25) is 0 Å². The van der Waals surface area contributed by atoms with E-state index < -0.39 is 0 Å². The first-order chi connectivity index (χ1) is 14.3. The average molecular weight is 415 g/mol. The number of piperidine rings is 2. The van der Waals surface area contributed by atoms with Crippen molar-refractivity contribution in [2.75, 3.05) is 32.8 Å². The van der Waals surface area contributed by atoms with Gasteiger partial charge in [-0.15, -0.1) is 0 Å². The highest BCUT2D eigenvalue weighted by atomic mass is 16.5.